The number of benzene rings is 1. The molecule has 1 aliphatic heterocycles. The molecule has 2 rings (SSSR count). The Morgan fingerprint density at radius 2 is 1.88 bits per heavy atom. The first-order chi connectivity index (χ1) is 12.5. The second-order valence-electron chi connectivity index (χ2n) is 5.77. The Bertz CT molecular complexity index is 679. The first kappa shape index (κ1) is 19.4. The van der Waals surface area contributed by atoms with Crippen molar-refractivity contribution in [3.05, 3.63) is 43.5 Å². The summed E-state index contributed by atoms with van der Waals surface area (Å²) in [5.74, 6) is 1.07. The van der Waals surface area contributed by atoms with Crippen LogP contribution in [0.3, 0.4) is 0 Å². The van der Waals surface area contributed by atoms with Crippen LogP contribution >= 0.6 is 0 Å². The molecule has 1 aliphatic rings. The van der Waals surface area contributed by atoms with Gasteiger partial charge in [0.05, 0.1) is 19.9 Å². The molecule has 0 unspecified atom stereocenters. The van der Waals surface area contributed by atoms with Gasteiger partial charge in [-0.3, -0.25) is 9.69 Å². The first-order valence-electron chi connectivity index (χ1n) is 8.33. The molecule has 26 heavy (non-hydrogen) atoms. The largest absolute Gasteiger partial charge is 0.497 e. The summed E-state index contributed by atoms with van der Waals surface area (Å²) in [5, 5.41) is 0. The van der Waals surface area contributed by atoms with Crippen LogP contribution in [0.5, 0.6) is 11.5 Å². The lowest BCUT2D eigenvalue weighted by Gasteiger charge is -2.24. The van der Waals surface area contributed by atoms with Crippen LogP contribution < -0.4 is 14.4 Å². The Labute approximate surface area is 154 Å². The van der Waals surface area contributed by atoms with Crippen molar-refractivity contribution in [3.63, 3.8) is 0 Å². The lowest BCUT2D eigenvalue weighted by molar-refractivity contribution is -0.130. The van der Waals surface area contributed by atoms with Crippen LogP contribution in [0, 0.1) is 0 Å². The van der Waals surface area contributed by atoms with Crippen LogP contribution in [0.1, 0.15) is 0 Å². The standard InChI is InChI=1S/C19H25N3O4/c1-5-9-20(10-6-2)18(23)14-21-11-12-22(19(21)24)16-13-15(25-3)7-8-17(16)26-4/h5-8,13H,1-2,9-12,14H2,3-4H3. The van der Waals surface area contributed by atoms with Crippen molar-refractivity contribution >= 4 is 17.6 Å². The van der Waals surface area contributed by atoms with E-state index in [1.807, 2.05) is 0 Å². The predicted octanol–water partition coefficient (Wildman–Crippen LogP) is 2.15. The zero-order chi connectivity index (χ0) is 19.1. The van der Waals surface area contributed by atoms with Gasteiger partial charge in [-0.15, -0.1) is 13.2 Å². The van der Waals surface area contributed by atoms with E-state index in [-0.39, 0.29) is 18.5 Å². The van der Waals surface area contributed by atoms with Crippen LogP contribution in [0.25, 0.3) is 0 Å². The Balaban J connectivity index is 2.13. The van der Waals surface area contributed by atoms with Gasteiger partial charge in [-0.05, 0) is 12.1 Å². The van der Waals surface area contributed by atoms with Crippen molar-refractivity contribution in [1.29, 1.82) is 0 Å². The highest BCUT2D eigenvalue weighted by atomic mass is 16.5. The van der Waals surface area contributed by atoms with Crippen molar-refractivity contribution in [2.45, 2.75) is 0 Å². The van der Waals surface area contributed by atoms with Crippen LogP contribution in [-0.2, 0) is 4.79 Å². The van der Waals surface area contributed by atoms with Crippen molar-refractivity contribution in [2.24, 2.45) is 0 Å². The molecule has 1 fully saturated rings. The normalized spacial score (nSPS) is 13.5. The summed E-state index contributed by atoms with van der Waals surface area (Å²) in [6.07, 6.45) is 3.31. The SMILES string of the molecule is C=CCN(CC=C)C(=O)CN1CCN(c2cc(OC)ccc2OC)C1=O. The van der Waals surface area contributed by atoms with E-state index in [9.17, 15) is 9.59 Å². The van der Waals surface area contributed by atoms with E-state index in [1.54, 1.807) is 54.4 Å². The first-order valence-corrected chi connectivity index (χ1v) is 8.33. The second-order valence-corrected chi connectivity index (χ2v) is 5.77. The number of nitrogens with zero attached hydrogens (tertiary/aromatic N) is 3. The fraction of sp³-hybridized carbons (Fsp3) is 0.368. The lowest BCUT2D eigenvalue weighted by atomic mass is 10.2. The van der Waals surface area contributed by atoms with E-state index in [0.717, 1.165) is 0 Å². The smallest absolute Gasteiger partial charge is 0.325 e. The molecule has 0 aliphatic carbocycles. The van der Waals surface area contributed by atoms with Gasteiger partial charge in [0.15, 0.2) is 0 Å². The summed E-state index contributed by atoms with van der Waals surface area (Å²) in [6.45, 7) is 9.09. The summed E-state index contributed by atoms with van der Waals surface area (Å²) < 4.78 is 10.6. The van der Waals surface area contributed by atoms with Crippen molar-refractivity contribution in [3.8, 4) is 11.5 Å². The van der Waals surface area contributed by atoms with Crippen LogP contribution in [0.15, 0.2) is 43.5 Å². The highest BCUT2D eigenvalue weighted by Gasteiger charge is 2.33. The molecular formula is C19H25N3O4. The van der Waals surface area contributed by atoms with E-state index in [4.69, 9.17) is 9.47 Å². The zero-order valence-corrected chi connectivity index (χ0v) is 15.3. The van der Waals surface area contributed by atoms with E-state index in [2.05, 4.69) is 13.2 Å². The maximum absolute atomic E-state index is 12.8. The quantitative estimate of drug-likeness (QED) is 0.634. The molecule has 1 aromatic rings. The Hall–Kier alpha value is -2.96. The molecule has 1 saturated heterocycles. The van der Waals surface area contributed by atoms with Gasteiger partial charge in [-0.2, -0.15) is 0 Å². The van der Waals surface area contributed by atoms with E-state index < -0.39 is 0 Å². The predicted molar refractivity (Wildman–Crippen MR) is 101 cm³/mol. The number of rotatable bonds is 9. The fourth-order valence-corrected chi connectivity index (χ4v) is 2.81. The summed E-state index contributed by atoms with van der Waals surface area (Å²) in [6, 6.07) is 5.05. The molecule has 0 N–H and O–H groups in total. The molecule has 7 heteroatoms. The van der Waals surface area contributed by atoms with Gasteiger partial charge in [-0.1, -0.05) is 12.2 Å². The van der Waals surface area contributed by atoms with E-state index >= 15 is 0 Å². The van der Waals surface area contributed by atoms with Crippen LogP contribution in [0.2, 0.25) is 0 Å². The maximum atomic E-state index is 12.8. The number of carbonyl (C=O) groups is 2. The minimum Gasteiger partial charge on any atom is -0.497 e. The topological polar surface area (TPSA) is 62.3 Å². The number of anilines is 1. The molecule has 7 nitrogen and oxygen atoms in total. The van der Waals surface area contributed by atoms with Gasteiger partial charge in [0.1, 0.15) is 18.0 Å². The molecule has 0 bridgehead atoms. The minimum absolute atomic E-state index is 0.0172. The average Bonchev–Trinajstić information content (AvgIpc) is 3.01. The van der Waals surface area contributed by atoms with Gasteiger partial charge >= 0.3 is 6.03 Å². The monoisotopic (exact) mass is 359 g/mol. The third-order valence-electron chi connectivity index (χ3n) is 4.15. The van der Waals surface area contributed by atoms with Crippen LogP contribution in [0.4, 0.5) is 10.5 Å². The maximum Gasteiger partial charge on any atom is 0.325 e. The molecule has 0 aromatic heterocycles. The van der Waals surface area contributed by atoms with Gasteiger partial charge in [0.25, 0.3) is 0 Å². The fourth-order valence-electron chi connectivity index (χ4n) is 2.81. The van der Waals surface area contributed by atoms with Gasteiger partial charge in [-0.25, -0.2) is 4.79 Å². The van der Waals surface area contributed by atoms with Gasteiger partial charge < -0.3 is 19.3 Å². The second kappa shape index (κ2) is 8.94. The number of amides is 3. The molecule has 0 radical (unpaired) electrons. The highest BCUT2D eigenvalue weighted by molar-refractivity contribution is 5.98. The van der Waals surface area contributed by atoms with Gasteiger partial charge in [0, 0.05) is 32.2 Å². The molecule has 0 atom stereocenters. The Kier molecular flexibility index (Phi) is 6.66. The minimum atomic E-state index is -0.234. The molecular weight excluding hydrogens is 334 g/mol. The number of hydrogen-bond acceptors (Lipinski definition) is 4. The summed E-state index contributed by atoms with van der Waals surface area (Å²) in [5.41, 5.74) is 0.626. The number of methoxy groups -OCH3 is 2. The third-order valence-corrected chi connectivity index (χ3v) is 4.15. The van der Waals surface area contributed by atoms with Crippen LogP contribution in [-0.4, -0.2) is 68.7 Å². The van der Waals surface area contributed by atoms with Gasteiger partial charge in [0.2, 0.25) is 5.91 Å². The number of carbonyl (C=O) groups excluding carboxylic acids is 2. The number of ether oxygens (including phenoxy) is 2. The van der Waals surface area contributed by atoms with E-state index in [1.165, 1.54) is 4.90 Å². The summed E-state index contributed by atoms with van der Waals surface area (Å²) in [7, 11) is 3.12. The van der Waals surface area contributed by atoms with Crippen molar-refractivity contribution in [1.82, 2.24) is 9.80 Å². The third kappa shape index (κ3) is 4.17. The molecule has 140 valence electrons. The average molecular weight is 359 g/mol. The molecule has 0 spiro atoms. The summed E-state index contributed by atoms with van der Waals surface area (Å²) in [4.78, 5) is 30.0. The highest BCUT2D eigenvalue weighted by Crippen LogP contribution is 2.34. The van der Waals surface area contributed by atoms with Crippen molar-refractivity contribution in [2.75, 3.05) is 51.8 Å². The van der Waals surface area contributed by atoms with Crippen molar-refractivity contribution < 1.29 is 19.1 Å². The molecule has 1 aromatic carbocycles. The van der Waals surface area contributed by atoms with E-state index in [0.29, 0.717) is 43.4 Å². The Morgan fingerprint density at radius 3 is 2.46 bits per heavy atom. The lowest BCUT2D eigenvalue weighted by Crippen LogP contribution is -2.42. The Morgan fingerprint density at radius 1 is 1.19 bits per heavy atom. The number of urea groups is 1. The number of hydrogen-bond donors (Lipinski definition) is 0. The molecule has 0 saturated carbocycles. The molecule has 1 heterocycles. The summed E-state index contributed by atoms with van der Waals surface area (Å²) >= 11 is 0. The zero-order valence-electron chi connectivity index (χ0n) is 15.3. The molecule has 3 amide bonds.